The van der Waals surface area contributed by atoms with Crippen LogP contribution in [0.15, 0.2) is 237 Å². The zero-order valence-electron chi connectivity index (χ0n) is 39.4. The standard InChI is InChI=1S/C67H55N/c1-65(2)41-42-66(3,4)62-43-51(37-40-60(62)65)57-44-58-56-28-16-17-29-59(56)67(52-23-10-6-11-24-52,53-25-12-7-13-26-53)61(58)45-64(57)68(63-30-18-22-50-21-14-15-27-55(50)63)54-38-35-49(36-39-54)48-33-31-47(32-34-48)46-19-8-5-9-20-46/h5-40,43-45H,41-42H2,1-4H3. The van der Waals surface area contributed by atoms with Crippen LogP contribution in [0, 0.1) is 0 Å². The molecule has 10 aromatic carbocycles. The second kappa shape index (κ2) is 16.2. The van der Waals surface area contributed by atoms with Gasteiger partial charge in [-0.25, -0.2) is 0 Å². The van der Waals surface area contributed by atoms with Crippen LogP contribution in [0.4, 0.5) is 17.1 Å². The Kier molecular flexibility index (Phi) is 9.96. The molecule has 2 aliphatic rings. The van der Waals surface area contributed by atoms with Gasteiger partial charge in [-0.15, -0.1) is 0 Å². The topological polar surface area (TPSA) is 3.24 Å². The Bertz CT molecular complexity index is 3430. The number of hydrogen-bond donors (Lipinski definition) is 0. The summed E-state index contributed by atoms with van der Waals surface area (Å²) in [5.74, 6) is 0. The van der Waals surface area contributed by atoms with Crippen LogP contribution in [0.2, 0.25) is 0 Å². The highest BCUT2D eigenvalue weighted by atomic mass is 15.1. The molecule has 12 rings (SSSR count). The van der Waals surface area contributed by atoms with E-state index < -0.39 is 5.41 Å². The molecule has 0 aliphatic heterocycles. The van der Waals surface area contributed by atoms with Gasteiger partial charge in [0.25, 0.3) is 0 Å². The molecule has 0 unspecified atom stereocenters. The molecule has 0 aromatic heterocycles. The molecule has 68 heavy (non-hydrogen) atoms. The van der Waals surface area contributed by atoms with Crippen molar-refractivity contribution in [2.45, 2.75) is 56.8 Å². The van der Waals surface area contributed by atoms with Crippen LogP contribution in [-0.4, -0.2) is 0 Å². The van der Waals surface area contributed by atoms with Crippen molar-refractivity contribution in [3.05, 3.63) is 270 Å². The third kappa shape index (κ3) is 6.75. The van der Waals surface area contributed by atoms with Crippen molar-refractivity contribution in [3.63, 3.8) is 0 Å². The smallest absolute Gasteiger partial charge is 0.0714 e. The fourth-order valence-electron chi connectivity index (χ4n) is 11.7. The lowest BCUT2D eigenvalue weighted by atomic mass is 9.63. The van der Waals surface area contributed by atoms with Crippen molar-refractivity contribution in [2.75, 3.05) is 4.90 Å². The van der Waals surface area contributed by atoms with Gasteiger partial charge in [0.15, 0.2) is 0 Å². The summed E-state index contributed by atoms with van der Waals surface area (Å²) in [6, 6.07) is 88.5. The van der Waals surface area contributed by atoms with Crippen molar-refractivity contribution in [2.24, 2.45) is 0 Å². The average molecular weight is 874 g/mol. The minimum Gasteiger partial charge on any atom is -0.309 e. The zero-order valence-corrected chi connectivity index (χ0v) is 39.4. The monoisotopic (exact) mass is 873 g/mol. The van der Waals surface area contributed by atoms with E-state index in [0.29, 0.717) is 0 Å². The molecule has 0 saturated carbocycles. The predicted octanol–water partition coefficient (Wildman–Crippen LogP) is 18.0. The minimum atomic E-state index is -0.566. The first-order valence-corrected chi connectivity index (χ1v) is 24.3. The molecule has 328 valence electrons. The fraction of sp³-hybridized carbons (Fsp3) is 0.134. The number of anilines is 3. The second-order valence-corrected chi connectivity index (χ2v) is 20.3. The van der Waals surface area contributed by atoms with Gasteiger partial charge in [0.05, 0.1) is 16.8 Å². The highest BCUT2D eigenvalue weighted by Gasteiger charge is 2.47. The summed E-state index contributed by atoms with van der Waals surface area (Å²) < 4.78 is 0. The molecule has 0 atom stereocenters. The van der Waals surface area contributed by atoms with Gasteiger partial charge in [-0.2, -0.15) is 0 Å². The zero-order chi connectivity index (χ0) is 46.0. The molecule has 0 amide bonds. The van der Waals surface area contributed by atoms with E-state index in [-0.39, 0.29) is 10.8 Å². The normalized spacial score (nSPS) is 15.0. The van der Waals surface area contributed by atoms with Gasteiger partial charge >= 0.3 is 0 Å². The molecular weight excluding hydrogens is 819 g/mol. The van der Waals surface area contributed by atoms with Crippen molar-refractivity contribution >= 4 is 27.8 Å². The molecule has 10 aromatic rings. The molecule has 0 radical (unpaired) electrons. The molecule has 0 heterocycles. The van der Waals surface area contributed by atoms with Crippen LogP contribution in [0.5, 0.6) is 0 Å². The quantitative estimate of drug-likeness (QED) is 0.147. The maximum Gasteiger partial charge on any atom is 0.0714 e. The van der Waals surface area contributed by atoms with E-state index in [1.165, 1.54) is 95.1 Å². The van der Waals surface area contributed by atoms with Gasteiger partial charge in [0.1, 0.15) is 0 Å². The molecule has 0 saturated heterocycles. The Balaban J connectivity index is 1.15. The summed E-state index contributed by atoms with van der Waals surface area (Å²) in [5.41, 5.74) is 20.8. The average Bonchev–Trinajstić information content (AvgIpc) is 3.68. The first kappa shape index (κ1) is 41.7. The Morgan fingerprint density at radius 3 is 1.50 bits per heavy atom. The van der Waals surface area contributed by atoms with E-state index in [1.807, 2.05) is 0 Å². The van der Waals surface area contributed by atoms with Gasteiger partial charge < -0.3 is 4.90 Å². The summed E-state index contributed by atoms with van der Waals surface area (Å²) in [7, 11) is 0. The maximum atomic E-state index is 2.57. The number of hydrogen-bond acceptors (Lipinski definition) is 1. The fourth-order valence-corrected chi connectivity index (χ4v) is 11.7. The van der Waals surface area contributed by atoms with Crippen LogP contribution >= 0.6 is 0 Å². The van der Waals surface area contributed by atoms with E-state index in [9.17, 15) is 0 Å². The highest BCUT2D eigenvalue weighted by Crippen LogP contribution is 2.59. The Hall–Kier alpha value is -7.74. The number of rotatable bonds is 8. The van der Waals surface area contributed by atoms with E-state index in [0.717, 1.165) is 23.5 Å². The summed E-state index contributed by atoms with van der Waals surface area (Å²) in [6.45, 7) is 9.74. The van der Waals surface area contributed by atoms with Gasteiger partial charge in [-0.05, 0) is 132 Å². The first-order valence-electron chi connectivity index (χ1n) is 24.3. The molecule has 0 N–H and O–H groups in total. The van der Waals surface area contributed by atoms with E-state index in [1.54, 1.807) is 0 Å². The van der Waals surface area contributed by atoms with Gasteiger partial charge in [0, 0.05) is 16.6 Å². The van der Waals surface area contributed by atoms with Gasteiger partial charge in [-0.1, -0.05) is 234 Å². The molecule has 1 nitrogen and oxygen atoms in total. The van der Waals surface area contributed by atoms with Crippen LogP contribution < -0.4 is 4.90 Å². The molecular formula is C67H55N. The van der Waals surface area contributed by atoms with E-state index in [4.69, 9.17) is 0 Å². The van der Waals surface area contributed by atoms with E-state index in [2.05, 4.69) is 269 Å². The predicted molar refractivity (Wildman–Crippen MR) is 288 cm³/mol. The van der Waals surface area contributed by atoms with Gasteiger partial charge in [0.2, 0.25) is 0 Å². The second-order valence-electron chi connectivity index (χ2n) is 20.3. The summed E-state index contributed by atoms with van der Waals surface area (Å²) in [4.78, 5) is 2.55. The first-order chi connectivity index (χ1) is 33.2. The van der Waals surface area contributed by atoms with Crippen LogP contribution in [0.3, 0.4) is 0 Å². The SMILES string of the molecule is CC1(C)CCC(C)(C)c2cc(-c3cc4c(cc3N(c3ccc(-c5ccc(-c6ccccc6)cc5)cc3)c3cccc5ccccc35)C(c3ccccc3)(c3ccccc3)c3ccccc3-4)ccc21. The lowest BCUT2D eigenvalue weighted by Gasteiger charge is -2.42. The molecule has 2 aliphatic carbocycles. The number of benzene rings is 10. The lowest BCUT2D eigenvalue weighted by Crippen LogP contribution is -2.33. The molecule has 0 spiro atoms. The van der Waals surface area contributed by atoms with E-state index >= 15 is 0 Å². The Morgan fingerprint density at radius 2 is 0.838 bits per heavy atom. The summed E-state index contributed by atoms with van der Waals surface area (Å²) in [5, 5.41) is 2.41. The summed E-state index contributed by atoms with van der Waals surface area (Å²) in [6.07, 6.45) is 2.33. The minimum absolute atomic E-state index is 0.0462. The number of nitrogens with zero attached hydrogens (tertiary/aromatic N) is 1. The lowest BCUT2D eigenvalue weighted by molar-refractivity contribution is 0.332. The third-order valence-corrected chi connectivity index (χ3v) is 15.4. The Morgan fingerprint density at radius 1 is 0.324 bits per heavy atom. The van der Waals surface area contributed by atoms with Crippen molar-refractivity contribution in [1.82, 2.24) is 0 Å². The molecule has 1 heteroatoms. The van der Waals surface area contributed by atoms with Crippen molar-refractivity contribution in [1.29, 1.82) is 0 Å². The largest absolute Gasteiger partial charge is 0.309 e. The van der Waals surface area contributed by atoms with Crippen molar-refractivity contribution < 1.29 is 0 Å². The maximum absolute atomic E-state index is 2.57. The van der Waals surface area contributed by atoms with Gasteiger partial charge in [-0.3, -0.25) is 0 Å². The van der Waals surface area contributed by atoms with Crippen LogP contribution in [0.1, 0.15) is 73.9 Å². The van der Waals surface area contributed by atoms with Crippen molar-refractivity contribution in [3.8, 4) is 44.5 Å². The van der Waals surface area contributed by atoms with Crippen LogP contribution in [-0.2, 0) is 16.2 Å². The van der Waals surface area contributed by atoms with Crippen LogP contribution in [0.25, 0.3) is 55.3 Å². The number of fused-ring (bicyclic) bond motifs is 5. The summed E-state index contributed by atoms with van der Waals surface area (Å²) >= 11 is 0. The third-order valence-electron chi connectivity index (χ3n) is 15.4. The molecule has 0 fully saturated rings. The molecule has 0 bridgehead atoms. The Labute approximate surface area is 402 Å². The highest BCUT2D eigenvalue weighted by molar-refractivity contribution is 6.03.